The molecule has 1 heterocycles. The van der Waals surface area contributed by atoms with Crippen molar-refractivity contribution in [2.75, 3.05) is 19.0 Å². The highest BCUT2D eigenvalue weighted by atomic mass is 16.6. The first-order chi connectivity index (χ1) is 14.2. The van der Waals surface area contributed by atoms with Gasteiger partial charge in [0.2, 0.25) is 5.88 Å². The number of pyridine rings is 1. The summed E-state index contributed by atoms with van der Waals surface area (Å²) >= 11 is 0. The smallest absolute Gasteiger partial charge is 0.412 e. The van der Waals surface area contributed by atoms with Gasteiger partial charge >= 0.3 is 12.1 Å². The van der Waals surface area contributed by atoms with E-state index in [1.54, 1.807) is 12.1 Å². The van der Waals surface area contributed by atoms with Gasteiger partial charge in [-0.1, -0.05) is 60.7 Å². The first-order valence-corrected chi connectivity index (χ1v) is 8.89. The van der Waals surface area contributed by atoms with E-state index in [0.717, 1.165) is 11.1 Å². The van der Waals surface area contributed by atoms with Gasteiger partial charge in [0.05, 0.1) is 12.8 Å². The molecule has 1 aromatic heterocycles. The van der Waals surface area contributed by atoms with E-state index in [-0.39, 0.29) is 24.8 Å². The van der Waals surface area contributed by atoms with E-state index in [2.05, 4.69) is 15.0 Å². The molecule has 29 heavy (non-hydrogen) atoms. The van der Waals surface area contributed by atoms with Crippen molar-refractivity contribution in [3.8, 4) is 17.1 Å². The lowest BCUT2D eigenvalue weighted by Crippen LogP contribution is -2.17. The van der Waals surface area contributed by atoms with Gasteiger partial charge in [-0.15, -0.1) is 0 Å². The second kappa shape index (κ2) is 9.89. The van der Waals surface area contributed by atoms with Gasteiger partial charge in [0, 0.05) is 5.56 Å². The number of nitrogens with one attached hydrogen (secondary N) is 1. The van der Waals surface area contributed by atoms with Gasteiger partial charge in [-0.25, -0.2) is 14.6 Å². The van der Waals surface area contributed by atoms with Crippen molar-refractivity contribution in [3.05, 3.63) is 78.4 Å². The first kappa shape index (κ1) is 19.9. The molecule has 148 valence electrons. The summed E-state index contributed by atoms with van der Waals surface area (Å²) in [5.74, 6) is -0.470. The van der Waals surface area contributed by atoms with Crippen LogP contribution < -0.4 is 10.1 Å². The fourth-order valence-electron chi connectivity index (χ4n) is 2.47. The van der Waals surface area contributed by atoms with Crippen LogP contribution in [-0.2, 0) is 20.9 Å². The number of methoxy groups -OCH3 is 1. The lowest BCUT2D eigenvalue weighted by Gasteiger charge is -2.13. The van der Waals surface area contributed by atoms with Crippen LogP contribution in [0.1, 0.15) is 5.56 Å². The van der Waals surface area contributed by atoms with E-state index in [1.165, 1.54) is 7.11 Å². The van der Waals surface area contributed by atoms with E-state index in [0.29, 0.717) is 5.69 Å². The summed E-state index contributed by atoms with van der Waals surface area (Å²) < 4.78 is 15.3. The molecule has 7 nitrogen and oxygen atoms in total. The van der Waals surface area contributed by atoms with Gasteiger partial charge in [-0.2, -0.15) is 0 Å². The molecule has 0 fully saturated rings. The summed E-state index contributed by atoms with van der Waals surface area (Å²) in [5, 5.41) is 2.60. The zero-order valence-corrected chi connectivity index (χ0v) is 15.8. The van der Waals surface area contributed by atoms with E-state index in [1.807, 2.05) is 60.7 Å². The molecule has 2 aromatic carbocycles. The predicted molar refractivity (Wildman–Crippen MR) is 107 cm³/mol. The number of carbonyl (C=O) groups excluding carboxylic acids is 2. The van der Waals surface area contributed by atoms with Crippen LogP contribution in [0.2, 0.25) is 0 Å². The van der Waals surface area contributed by atoms with Crippen LogP contribution in [0, 0.1) is 0 Å². The standard InChI is InChI=1S/C22H20N2O5/c1-27-20(25)15-28-21-19(13-12-18(23-21)17-10-6-3-7-11-17)24-22(26)29-14-16-8-4-2-5-9-16/h2-13H,14-15H2,1H3,(H,24,26). The fraction of sp³-hybridized carbons (Fsp3) is 0.136. The molecule has 0 saturated heterocycles. The Balaban J connectivity index is 1.74. The molecular formula is C22H20N2O5. The van der Waals surface area contributed by atoms with E-state index >= 15 is 0 Å². The SMILES string of the molecule is COC(=O)COc1nc(-c2ccccc2)ccc1NC(=O)OCc1ccccc1. The molecule has 1 N–H and O–H groups in total. The van der Waals surface area contributed by atoms with Gasteiger partial charge in [0.1, 0.15) is 12.3 Å². The summed E-state index contributed by atoms with van der Waals surface area (Å²) in [4.78, 5) is 28.0. The van der Waals surface area contributed by atoms with Crippen LogP contribution in [0.5, 0.6) is 5.88 Å². The molecular weight excluding hydrogens is 372 g/mol. The molecule has 0 unspecified atom stereocenters. The number of amides is 1. The Morgan fingerprint density at radius 1 is 0.931 bits per heavy atom. The Bertz CT molecular complexity index is 961. The zero-order valence-electron chi connectivity index (χ0n) is 15.8. The number of rotatable bonds is 7. The molecule has 0 aliphatic rings. The number of hydrogen-bond acceptors (Lipinski definition) is 6. The molecule has 0 saturated carbocycles. The van der Waals surface area contributed by atoms with Gasteiger partial charge in [0.15, 0.2) is 6.61 Å². The molecule has 0 aliphatic heterocycles. The van der Waals surface area contributed by atoms with Crippen molar-refractivity contribution in [1.29, 1.82) is 0 Å². The quantitative estimate of drug-likeness (QED) is 0.611. The largest absolute Gasteiger partial charge is 0.466 e. The number of esters is 1. The van der Waals surface area contributed by atoms with Crippen molar-refractivity contribution in [3.63, 3.8) is 0 Å². The summed E-state index contributed by atoms with van der Waals surface area (Å²) in [6.45, 7) is -0.212. The number of carbonyl (C=O) groups is 2. The number of nitrogens with zero attached hydrogens (tertiary/aromatic N) is 1. The number of benzene rings is 2. The fourth-order valence-corrected chi connectivity index (χ4v) is 2.47. The molecule has 0 atom stereocenters. The number of anilines is 1. The normalized spacial score (nSPS) is 10.1. The summed E-state index contributed by atoms with van der Waals surface area (Å²) in [5.41, 5.74) is 2.65. The summed E-state index contributed by atoms with van der Waals surface area (Å²) in [7, 11) is 1.26. The highest BCUT2D eigenvalue weighted by Gasteiger charge is 2.14. The van der Waals surface area contributed by atoms with Crippen LogP contribution >= 0.6 is 0 Å². The monoisotopic (exact) mass is 392 g/mol. The Hall–Kier alpha value is -3.87. The molecule has 0 radical (unpaired) electrons. The van der Waals surface area contributed by atoms with Crippen molar-refractivity contribution in [2.45, 2.75) is 6.61 Å². The third-order valence-electron chi connectivity index (χ3n) is 3.93. The number of ether oxygens (including phenoxy) is 3. The Morgan fingerprint density at radius 2 is 1.62 bits per heavy atom. The maximum atomic E-state index is 12.2. The highest BCUT2D eigenvalue weighted by Crippen LogP contribution is 2.27. The molecule has 0 bridgehead atoms. The molecule has 3 aromatic rings. The van der Waals surface area contributed by atoms with E-state index in [4.69, 9.17) is 9.47 Å². The molecule has 0 spiro atoms. The van der Waals surface area contributed by atoms with Gasteiger partial charge in [0.25, 0.3) is 0 Å². The topological polar surface area (TPSA) is 86.8 Å². The second-order valence-electron chi connectivity index (χ2n) is 5.97. The molecule has 0 aliphatic carbocycles. The molecule has 1 amide bonds. The number of aromatic nitrogens is 1. The average Bonchev–Trinajstić information content (AvgIpc) is 2.78. The predicted octanol–water partition coefficient (Wildman–Crippen LogP) is 4.05. The third kappa shape index (κ3) is 5.80. The van der Waals surface area contributed by atoms with Crippen molar-refractivity contribution in [2.24, 2.45) is 0 Å². The minimum atomic E-state index is -0.661. The van der Waals surface area contributed by atoms with Crippen LogP contribution in [0.15, 0.2) is 72.8 Å². The van der Waals surface area contributed by atoms with Crippen LogP contribution in [-0.4, -0.2) is 30.8 Å². The van der Waals surface area contributed by atoms with Crippen molar-refractivity contribution in [1.82, 2.24) is 4.98 Å². The Labute approximate surface area is 168 Å². The minimum Gasteiger partial charge on any atom is -0.466 e. The maximum absolute atomic E-state index is 12.2. The van der Waals surface area contributed by atoms with Gasteiger partial charge < -0.3 is 14.2 Å². The maximum Gasteiger partial charge on any atom is 0.412 e. The van der Waals surface area contributed by atoms with Crippen molar-refractivity contribution < 1.29 is 23.8 Å². The highest BCUT2D eigenvalue weighted by molar-refractivity contribution is 5.86. The van der Waals surface area contributed by atoms with E-state index < -0.39 is 12.1 Å². The Kier molecular flexibility index (Phi) is 6.78. The Morgan fingerprint density at radius 3 is 2.31 bits per heavy atom. The van der Waals surface area contributed by atoms with Crippen LogP contribution in [0.25, 0.3) is 11.3 Å². The number of hydrogen-bond donors (Lipinski definition) is 1. The van der Waals surface area contributed by atoms with Crippen molar-refractivity contribution >= 4 is 17.7 Å². The lowest BCUT2D eigenvalue weighted by molar-refractivity contribution is -0.143. The van der Waals surface area contributed by atoms with Crippen LogP contribution in [0.4, 0.5) is 10.5 Å². The summed E-state index contributed by atoms with van der Waals surface area (Å²) in [6, 6.07) is 22.2. The van der Waals surface area contributed by atoms with Gasteiger partial charge in [-0.3, -0.25) is 5.32 Å². The first-order valence-electron chi connectivity index (χ1n) is 8.89. The summed E-state index contributed by atoms with van der Waals surface area (Å²) in [6.07, 6.45) is -0.661. The zero-order chi connectivity index (χ0) is 20.5. The molecule has 7 heteroatoms. The van der Waals surface area contributed by atoms with Crippen LogP contribution in [0.3, 0.4) is 0 Å². The van der Waals surface area contributed by atoms with E-state index in [9.17, 15) is 9.59 Å². The minimum absolute atomic E-state index is 0.0911. The second-order valence-corrected chi connectivity index (χ2v) is 5.97. The third-order valence-corrected chi connectivity index (χ3v) is 3.93. The van der Waals surface area contributed by atoms with Gasteiger partial charge in [-0.05, 0) is 17.7 Å². The lowest BCUT2D eigenvalue weighted by atomic mass is 10.1. The molecule has 3 rings (SSSR count). The average molecular weight is 392 g/mol.